The summed E-state index contributed by atoms with van der Waals surface area (Å²) in [5.74, 6) is 0. The Kier molecular flexibility index (Phi) is 5.43. The van der Waals surface area contributed by atoms with Crippen LogP contribution in [0.1, 0.15) is 5.56 Å². The SMILES string of the molecule is Cl.O=C(NN1CC(O)(C(F)(F)F)C1)OCc1ccccc1. The van der Waals surface area contributed by atoms with E-state index in [-0.39, 0.29) is 19.0 Å². The first-order valence-corrected chi connectivity index (χ1v) is 5.81. The van der Waals surface area contributed by atoms with Crippen molar-refractivity contribution in [3.8, 4) is 0 Å². The van der Waals surface area contributed by atoms with Crippen LogP contribution in [0.2, 0.25) is 0 Å². The van der Waals surface area contributed by atoms with E-state index in [4.69, 9.17) is 4.74 Å². The van der Waals surface area contributed by atoms with E-state index in [0.29, 0.717) is 0 Å². The van der Waals surface area contributed by atoms with E-state index in [1.807, 2.05) is 6.07 Å². The zero-order valence-electron chi connectivity index (χ0n) is 10.8. The van der Waals surface area contributed by atoms with Crippen molar-refractivity contribution in [1.82, 2.24) is 10.4 Å². The summed E-state index contributed by atoms with van der Waals surface area (Å²) in [6.45, 7) is -1.40. The van der Waals surface area contributed by atoms with Crippen LogP contribution >= 0.6 is 12.4 Å². The first-order chi connectivity index (χ1) is 9.30. The van der Waals surface area contributed by atoms with Crippen LogP contribution in [0.3, 0.4) is 0 Å². The van der Waals surface area contributed by atoms with Gasteiger partial charge < -0.3 is 9.84 Å². The van der Waals surface area contributed by atoms with E-state index < -0.39 is 31.0 Å². The van der Waals surface area contributed by atoms with E-state index >= 15 is 0 Å². The van der Waals surface area contributed by atoms with Gasteiger partial charge in [0.05, 0.1) is 13.1 Å². The number of hydrogen-bond acceptors (Lipinski definition) is 4. The molecule has 0 saturated carbocycles. The maximum absolute atomic E-state index is 12.3. The van der Waals surface area contributed by atoms with Crippen molar-refractivity contribution in [2.75, 3.05) is 13.1 Å². The Bertz CT molecular complexity index is 478. The van der Waals surface area contributed by atoms with Crippen molar-refractivity contribution >= 4 is 18.5 Å². The molecule has 1 heterocycles. The summed E-state index contributed by atoms with van der Waals surface area (Å²) in [4.78, 5) is 11.3. The number of rotatable bonds is 3. The van der Waals surface area contributed by atoms with Crippen LogP contribution in [0.5, 0.6) is 0 Å². The highest BCUT2D eigenvalue weighted by Gasteiger charge is 2.61. The zero-order valence-corrected chi connectivity index (χ0v) is 11.6. The molecule has 0 radical (unpaired) electrons. The van der Waals surface area contributed by atoms with Gasteiger partial charge in [-0.3, -0.25) is 5.43 Å². The molecule has 2 rings (SSSR count). The zero-order chi connectivity index (χ0) is 14.8. The number of aliphatic hydroxyl groups is 1. The maximum Gasteiger partial charge on any atom is 0.422 e. The summed E-state index contributed by atoms with van der Waals surface area (Å²) in [6, 6.07) is 8.85. The lowest BCUT2D eigenvalue weighted by atomic mass is 9.96. The lowest BCUT2D eigenvalue weighted by Crippen LogP contribution is -2.72. The number of hydrazine groups is 1. The Morgan fingerprint density at radius 1 is 1.33 bits per heavy atom. The quantitative estimate of drug-likeness (QED) is 0.890. The van der Waals surface area contributed by atoms with Gasteiger partial charge in [0.25, 0.3) is 0 Å². The molecule has 0 bridgehead atoms. The van der Waals surface area contributed by atoms with Gasteiger partial charge in [-0.05, 0) is 5.56 Å². The Hall–Kier alpha value is -1.51. The first kappa shape index (κ1) is 17.5. The molecule has 1 aliphatic rings. The molecule has 118 valence electrons. The lowest BCUT2D eigenvalue weighted by molar-refractivity contribution is -0.306. The highest BCUT2D eigenvalue weighted by atomic mass is 35.5. The molecule has 1 saturated heterocycles. The molecule has 0 spiro atoms. The lowest BCUT2D eigenvalue weighted by Gasteiger charge is -2.46. The summed E-state index contributed by atoms with van der Waals surface area (Å²) in [7, 11) is 0. The Balaban J connectivity index is 0.00000220. The van der Waals surface area contributed by atoms with Gasteiger partial charge in [-0.25, -0.2) is 9.80 Å². The van der Waals surface area contributed by atoms with Gasteiger partial charge in [0.15, 0.2) is 5.60 Å². The van der Waals surface area contributed by atoms with E-state index in [1.54, 1.807) is 24.3 Å². The number of carbonyl (C=O) groups excluding carboxylic acids is 1. The summed E-state index contributed by atoms with van der Waals surface area (Å²) < 4.78 is 41.9. The highest BCUT2D eigenvalue weighted by molar-refractivity contribution is 5.85. The third kappa shape index (κ3) is 4.23. The fourth-order valence-corrected chi connectivity index (χ4v) is 1.73. The van der Waals surface area contributed by atoms with E-state index in [2.05, 4.69) is 5.43 Å². The van der Waals surface area contributed by atoms with E-state index in [0.717, 1.165) is 10.6 Å². The Morgan fingerprint density at radius 2 is 1.90 bits per heavy atom. The number of nitrogens with one attached hydrogen (secondary N) is 1. The van der Waals surface area contributed by atoms with Crippen LogP contribution in [0.15, 0.2) is 30.3 Å². The number of nitrogens with zero attached hydrogens (tertiary/aromatic N) is 1. The standard InChI is InChI=1S/C12H13F3N2O3.ClH/c13-12(14,15)11(19)7-17(8-11)16-10(18)20-6-9-4-2-1-3-5-9;/h1-5,19H,6-8H2,(H,16,18);1H. The molecule has 21 heavy (non-hydrogen) atoms. The molecule has 0 unspecified atom stereocenters. The van der Waals surface area contributed by atoms with Gasteiger partial charge in [0, 0.05) is 0 Å². The number of carbonyl (C=O) groups is 1. The molecule has 9 heteroatoms. The monoisotopic (exact) mass is 326 g/mol. The summed E-state index contributed by atoms with van der Waals surface area (Å²) in [5, 5.41) is 10.1. The minimum Gasteiger partial charge on any atom is -0.444 e. The molecule has 0 aromatic heterocycles. The molecular weight excluding hydrogens is 313 g/mol. The van der Waals surface area contributed by atoms with Crippen molar-refractivity contribution in [2.24, 2.45) is 0 Å². The van der Waals surface area contributed by atoms with Crippen molar-refractivity contribution < 1.29 is 27.8 Å². The molecule has 1 amide bonds. The van der Waals surface area contributed by atoms with Gasteiger partial charge in [0.2, 0.25) is 0 Å². The third-order valence-electron chi connectivity index (χ3n) is 2.89. The van der Waals surface area contributed by atoms with Gasteiger partial charge in [-0.15, -0.1) is 12.4 Å². The van der Waals surface area contributed by atoms with Crippen LogP contribution < -0.4 is 5.43 Å². The molecule has 0 atom stereocenters. The number of benzene rings is 1. The maximum atomic E-state index is 12.3. The molecule has 1 fully saturated rings. The van der Waals surface area contributed by atoms with Crippen LogP contribution in [-0.2, 0) is 11.3 Å². The topological polar surface area (TPSA) is 61.8 Å². The van der Waals surface area contributed by atoms with Crippen molar-refractivity contribution in [3.05, 3.63) is 35.9 Å². The molecular formula is C12H14ClF3N2O3. The minimum atomic E-state index is -4.71. The number of halogens is 4. The second kappa shape index (κ2) is 6.50. The van der Waals surface area contributed by atoms with E-state index in [1.165, 1.54) is 0 Å². The van der Waals surface area contributed by atoms with Crippen LogP contribution in [0.4, 0.5) is 18.0 Å². The third-order valence-corrected chi connectivity index (χ3v) is 2.89. The predicted octanol–water partition coefficient (Wildman–Crippen LogP) is 1.86. The van der Waals surface area contributed by atoms with Crippen molar-refractivity contribution in [2.45, 2.75) is 18.4 Å². The second-order valence-corrected chi connectivity index (χ2v) is 4.56. The average molecular weight is 327 g/mol. The van der Waals surface area contributed by atoms with Gasteiger partial charge >= 0.3 is 12.3 Å². The predicted molar refractivity (Wildman–Crippen MR) is 69.6 cm³/mol. The second-order valence-electron chi connectivity index (χ2n) is 4.56. The van der Waals surface area contributed by atoms with Crippen LogP contribution in [0.25, 0.3) is 0 Å². The van der Waals surface area contributed by atoms with Crippen molar-refractivity contribution in [1.29, 1.82) is 0 Å². The number of hydrogen-bond donors (Lipinski definition) is 2. The number of β-amino-alcohol motifs (C(OH)–C–C–N with tert-alkyl or cyclic N) is 1. The molecule has 2 N–H and O–H groups in total. The number of alkyl halides is 3. The fraction of sp³-hybridized carbons (Fsp3) is 0.417. The smallest absolute Gasteiger partial charge is 0.422 e. The molecule has 5 nitrogen and oxygen atoms in total. The van der Waals surface area contributed by atoms with E-state index in [9.17, 15) is 23.1 Å². The summed E-state index contributed by atoms with van der Waals surface area (Å²) >= 11 is 0. The van der Waals surface area contributed by atoms with Crippen molar-refractivity contribution in [3.63, 3.8) is 0 Å². The molecule has 0 aliphatic carbocycles. The Labute approximate surface area is 125 Å². The normalized spacial score (nSPS) is 17.3. The average Bonchev–Trinajstić information content (AvgIpc) is 2.34. The fourth-order valence-electron chi connectivity index (χ4n) is 1.73. The number of ether oxygens (including phenoxy) is 1. The highest BCUT2D eigenvalue weighted by Crippen LogP contribution is 2.36. The molecule has 1 aromatic rings. The largest absolute Gasteiger partial charge is 0.444 e. The van der Waals surface area contributed by atoms with Gasteiger partial charge in [0.1, 0.15) is 6.61 Å². The molecule has 1 aliphatic heterocycles. The molecule has 1 aromatic carbocycles. The first-order valence-electron chi connectivity index (χ1n) is 5.81. The number of amides is 1. The summed E-state index contributed by atoms with van der Waals surface area (Å²) in [5.41, 5.74) is 0.124. The van der Waals surface area contributed by atoms with Crippen LogP contribution in [-0.4, -0.2) is 41.1 Å². The van der Waals surface area contributed by atoms with Gasteiger partial charge in [-0.1, -0.05) is 30.3 Å². The van der Waals surface area contributed by atoms with Crippen LogP contribution in [0, 0.1) is 0 Å². The summed E-state index contributed by atoms with van der Waals surface area (Å²) in [6.07, 6.45) is -5.57. The minimum absolute atomic E-state index is 0. The van der Waals surface area contributed by atoms with Gasteiger partial charge in [-0.2, -0.15) is 13.2 Å². The Morgan fingerprint density at radius 3 is 2.43 bits per heavy atom.